The van der Waals surface area contributed by atoms with Crippen molar-refractivity contribution in [2.45, 2.75) is 19.3 Å². The number of piperazine rings is 1. The second-order valence-corrected chi connectivity index (χ2v) is 6.80. The zero-order valence-corrected chi connectivity index (χ0v) is 15.3. The van der Waals surface area contributed by atoms with Gasteiger partial charge in [-0.05, 0) is 48.7 Å². The Morgan fingerprint density at radius 3 is 2.44 bits per heavy atom. The van der Waals surface area contributed by atoms with Gasteiger partial charge in [0.05, 0.1) is 6.54 Å². The number of Topliss-reactive ketones (excluding diaryl/α,β-unsaturated/α-hetero) is 1. The predicted octanol–water partition coefficient (Wildman–Crippen LogP) is 2.57. The number of halogens is 1. The number of aryl methyl sites for hydroxylation is 1. The number of aromatic nitrogens is 1. The number of ketones is 1. The molecule has 0 aliphatic carbocycles. The monoisotopic (exact) mass is 369 g/mol. The normalized spacial score (nSPS) is 14.9. The lowest BCUT2D eigenvalue weighted by molar-refractivity contribution is -0.132. The fourth-order valence-corrected chi connectivity index (χ4v) is 3.23. The minimum atomic E-state index is -0.345. The van der Waals surface area contributed by atoms with Gasteiger partial charge in [-0.25, -0.2) is 4.39 Å². The third kappa shape index (κ3) is 5.69. The SMILES string of the molecule is O=C(CN1CCN(C(=O)CCCc2cccnc2)CC1)c1ccc(F)cc1. The van der Waals surface area contributed by atoms with E-state index >= 15 is 0 Å². The smallest absolute Gasteiger partial charge is 0.222 e. The van der Waals surface area contributed by atoms with Crippen molar-refractivity contribution in [2.24, 2.45) is 0 Å². The van der Waals surface area contributed by atoms with E-state index in [0.717, 1.165) is 18.4 Å². The number of rotatable bonds is 7. The lowest BCUT2D eigenvalue weighted by Crippen LogP contribution is -2.49. The molecule has 0 spiro atoms. The first-order valence-electron chi connectivity index (χ1n) is 9.29. The number of hydrogen-bond donors (Lipinski definition) is 0. The Kier molecular flexibility index (Phi) is 6.65. The minimum Gasteiger partial charge on any atom is -0.340 e. The van der Waals surface area contributed by atoms with Crippen LogP contribution in [0.15, 0.2) is 48.8 Å². The Balaban J connectivity index is 1.38. The molecule has 0 saturated carbocycles. The Hall–Kier alpha value is -2.60. The Labute approximate surface area is 158 Å². The highest BCUT2D eigenvalue weighted by atomic mass is 19.1. The van der Waals surface area contributed by atoms with Gasteiger partial charge in [-0.15, -0.1) is 0 Å². The van der Waals surface area contributed by atoms with Crippen molar-refractivity contribution in [1.29, 1.82) is 0 Å². The summed E-state index contributed by atoms with van der Waals surface area (Å²) in [5.41, 5.74) is 1.67. The molecule has 6 heteroatoms. The molecule has 0 radical (unpaired) electrons. The summed E-state index contributed by atoms with van der Waals surface area (Å²) in [7, 11) is 0. The number of benzene rings is 1. The quantitative estimate of drug-likeness (QED) is 0.704. The van der Waals surface area contributed by atoms with Crippen LogP contribution in [0.1, 0.15) is 28.8 Å². The van der Waals surface area contributed by atoms with Crippen LogP contribution in [0.3, 0.4) is 0 Å². The van der Waals surface area contributed by atoms with Crippen LogP contribution in [0.2, 0.25) is 0 Å². The number of amides is 1. The van der Waals surface area contributed by atoms with Crippen LogP contribution in [0, 0.1) is 5.82 Å². The van der Waals surface area contributed by atoms with Crippen LogP contribution in [0.4, 0.5) is 4.39 Å². The van der Waals surface area contributed by atoms with Crippen LogP contribution in [-0.2, 0) is 11.2 Å². The summed E-state index contributed by atoms with van der Waals surface area (Å²) in [5.74, 6) is -0.197. The highest BCUT2D eigenvalue weighted by molar-refractivity contribution is 5.97. The molecule has 27 heavy (non-hydrogen) atoms. The summed E-state index contributed by atoms with van der Waals surface area (Å²) in [6, 6.07) is 9.56. The molecule has 0 atom stereocenters. The standard InChI is InChI=1S/C21H24FN3O2/c22-19-8-6-18(7-9-19)20(26)16-24-11-13-25(14-12-24)21(27)5-1-3-17-4-2-10-23-15-17/h2,4,6-10,15H,1,3,5,11-14,16H2. The molecule has 0 N–H and O–H groups in total. The second kappa shape index (κ2) is 9.37. The summed E-state index contributed by atoms with van der Waals surface area (Å²) in [5, 5.41) is 0. The van der Waals surface area contributed by atoms with Gasteiger partial charge in [-0.1, -0.05) is 6.07 Å². The third-order valence-electron chi connectivity index (χ3n) is 4.84. The van der Waals surface area contributed by atoms with E-state index in [-0.39, 0.29) is 17.5 Å². The summed E-state index contributed by atoms with van der Waals surface area (Å²) in [6.07, 6.45) is 5.78. The molecule has 1 amide bonds. The molecule has 142 valence electrons. The zero-order chi connectivity index (χ0) is 19.1. The Morgan fingerprint density at radius 2 is 1.78 bits per heavy atom. The van der Waals surface area contributed by atoms with Gasteiger partial charge in [0.25, 0.3) is 0 Å². The number of carbonyl (C=O) groups is 2. The average Bonchev–Trinajstić information content (AvgIpc) is 2.70. The van der Waals surface area contributed by atoms with Gasteiger partial charge >= 0.3 is 0 Å². The Morgan fingerprint density at radius 1 is 1.04 bits per heavy atom. The van der Waals surface area contributed by atoms with E-state index in [1.807, 2.05) is 28.1 Å². The van der Waals surface area contributed by atoms with Gasteiger partial charge in [0, 0.05) is 50.6 Å². The molecule has 3 rings (SSSR count). The maximum Gasteiger partial charge on any atom is 0.222 e. The first-order chi connectivity index (χ1) is 13.1. The summed E-state index contributed by atoms with van der Waals surface area (Å²) in [4.78, 5) is 32.6. The summed E-state index contributed by atoms with van der Waals surface area (Å²) in [6.45, 7) is 2.95. The lowest BCUT2D eigenvalue weighted by Gasteiger charge is -2.34. The van der Waals surface area contributed by atoms with Crippen LogP contribution in [-0.4, -0.2) is 59.2 Å². The van der Waals surface area contributed by atoms with E-state index in [1.165, 1.54) is 24.3 Å². The van der Waals surface area contributed by atoms with Crippen LogP contribution in [0.25, 0.3) is 0 Å². The molecule has 0 unspecified atom stereocenters. The average molecular weight is 369 g/mol. The van der Waals surface area contributed by atoms with E-state index in [2.05, 4.69) is 4.98 Å². The molecule has 2 heterocycles. The molecule has 1 aliphatic rings. The van der Waals surface area contributed by atoms with E-state index in [4.69, 9.17) is 0 Å². The van der Waals surface area contributed by atoms with Crippen molar-refractivity contribution in [3.63, 3.8) is 0 Å². The molecule has 1 aliphatic heterocycles. The fraction of sp³-hybridized carbons (Fsp3) is 0.381. The topological polar surface area (TPSA) is 53.5 Å². The third-order valence-corrected chi connectivity index (χ3v) is 4.84. The summed E-state index contributed by atoms with van der Waals surface area (Å²) >= 11 is 0. The van der Waals surface area contributed by atoms with Gasteiger partial charge in [-0.2, -0.15) is 0 Å². The molecule has 1 aromatic heterocycles. The van der Waals surface area contributed by atoms with E-state index in [1.54, 1.807) is 6.20 Å². The number of carbonyl (C=O) groups excluding carboxylic acids is 2. The number of nitrogens with zero attached hydrogens (tertiary/aromatic N) is 3. The molecule has 1 fully saturated rings. The molecule has 0 bridgehead atoms. The molecule has 5 nitrogen and oxygen atoms in total. The van der Waals surface area contributed by atoms with Crippen molar-refractivity contribution >= 4 is 11.7 Å². The highest BCUT2D eigenvalue weighted by Gasteiger charge is 2.22. The lowest BCUT2D eigenvalue weighted by atomic mass is 10.1. The number of pyridine rings is 1. The Bertz CT molecular complexity index is 757. The molecular formula is C21H24FN3O2. The van der Waals surface area contributed by atoms with Crippen LogP contribution < -0.4 is 0 Å². The van der Waals surface area contributed by atoms with Crippen molar-refractivity contribution in [2.75, 3.05) is 32.7 Å². The summed E-state index contributed by atoms with van der Waals surface area (Å²) < 4.78 is 13.0. The van der Waals surface area contributed by atoms with E-state index in [9.17, 15) is 14.0 Å². The van der Waals surface area contributed by atoms with Crippen molar-refractivity contribution < 1.29 is 14.0 Å². The fourth-order valence-electron chi connectivity index (χ4n) is 3.23. The van der Waals surface area contributed by atoms with E-state index in [0.29, 0.717) is 44.7 Å². The molecule has 1 aromatic carbocycles. The zero-order valence-electron chi connectivity index (χ0n) is 15.3. The van der Waals surface area contributed by atoms with Crippen LogP contribution in [0.5, 0.6) is 0 Å². The van der Waals surface area contributed by atoms with Gasteiger partial charge in [-0.3, -0.25) is 19.5 Å². The van der Waals surface area contributed by atoms with Crippen molar-refractivity contribution in [3.05, 3.63) is 65.7 Å². The molecule has 1 saturated heterocycles. The molecule has 2 aromatic rings. The maximum absolute atomic E-state index is 13.0. The van der Waals surface area contributed by atoms with Gasteiger partial charge in [0.2, 0.25) is 5.91 Å². The highest BCUT2D eigenvalue weighted by Crippen LogP contribution is 2.10. The number of hydrogen-bond acceptors (Lipinski definition) is 4. The molecular weight excluding hydrogens is 345 g/mol. The van der Waals surface area contributed by atoms with Crippen LogP contribution >= 0.6 is 0 Å². The largest absolute Gasteiger partial charge is 0.340 e. The van der Waals surface area contributed by atoms with Crippen molar-refractivity contribution in [3.8, 4) is 0 Å². The maximum atomic E-state index is 13.0. The first kappa shape index (κ1) is 19.2. The predicted molar refractivity (Wildman–Crippen MR) is 101 cm³/mol. The second-order valence-electron chi connectivity index (χ2n) is 6.80. The van der Waals surface area contributed by atoms with Gasteiger partial charge in [0.1, 0.15) is 5.82 Å². The van der Waals surface area contributed by atoms with Gasteiger partial charge in [0.15, 0.2) is 5.78 Å². The van der Waals surface area contributed by atoms with Gasteiger partial charge < -0.3 is 4.90 Å². The minimum absolute atomic E-state index is 0.0220. The van der Waals surface area contributed by atoms with E-state index < -0.39 is 0 Å². The van der Waals surface area contributed by atoms with Crippen molar-refractivity contribution in [1.82, 2.24) is 14.8 Å². The first-order valence-corrected chi connectivity index (χ1v) is 9.29.